The van der Waals surface area contributed by atoms with Gasteiger partial charge in [0.05, 0.1) is 6.04 Å². The van der Waals surface area contributed by atoms with Crippen LogP contribution in [0, 0.1) is 0 Å². The molecule has 1 aliphatic heterocycles. The monoisotopic (exact) mass is 358 g/mol. The molecule has 4 rings (SSSR count). The summed E-state index contributed by atoms with van der Waals surface area (Å²) in [5.74, 6) is 0.684. The third-order valence-corrected chi connectivity index (χ3v) is 4.91. The number of benzene rings is 2. The first-order valence-electron chi connectivity index (χ1n) is 9.30. The Morgan fingerprint density at radius 3 is 2.44 bits per heavy atom. The van der Waals surface area contributed by atoms with Crippen molar-refractivity contribution >= 4 is 5.91 Å². The van der Waals surface area contributed by atoms with Crippen molar-refractivity contribution in [1.82, 2.24) is 9.88 Å². The molecule has 0 N–H and O–H groups in total. The van der Waals surface area contributed by atoms with Gasteiger partial charge in [0.15, 0.2) is 0 Å². The van der Waals surface area contributed by atoms with Crippen LogP contribution in [0.4, 0.5) is 0 Å². The highest BCUT2D eigenvalue weighted by Crippen LogP contribution is 2.33. The fourth-order valence-electron chi connectivity index (χ4n) is 3.51. The molecule has 3 aromatic rings. The van der Waals surface area contributed by atoms with E-state index in [4.69, 9.17) is 4.74 Å². The molecule has 1 fully saturated rings. The van der Waals surface area contributed by atoms with E-state index >= 15 is 0 Å². The number of aromatic nitrogens is 1. The van der Waals surface area contributed by atoms with Crippen LogP contribution in [0.2, 0.25) is 0 Å². The van der Waals surface area contributed by atoms with Crippen molar-refractivity contribution in [3.63, 3.8) is 0 Å². The van der Waals surface area contributed by atoms with E-state index in [-0.39, 0.29) is 11.9 Å². The first-order chi connectivity index (χ1) is 13.3. The number of hydrogen-bond acceptors (Lipinski definition) is 3. The van der Waals surface area contributed by atoms with Crippen LogP contribution >= 0.6 is 0 Å². The molecule has 1 amide bonds. The third-order valence-electron chi connectivity index (χ3n) is 4.91. The van der Waals surface area contributed by atoms with Gasteiger partial charge in [0.2, 0.25) is 5.88 Å². The number of carbonyl (C=O) groups is 1. The molecule has 136 valence electrons. The molecule has 1 atom stereocenters. The summed E-state index contributed by atoms with van der Waals surface area (Å²) in [7, 11) is 0. The average molecular weight is 358 g/mol. The largest absolute Gasteiger partial charge is 0.473 e. The quantitative estimate of drug-likeness (QED) is 0.667. The van der Waals surface area contributed by atoms with Crippen LogP contribution in [0.25, 0.3) is 0 Å². The van der Waals surface area contributed by atoms with Gasteiger partial charge in [0, 0.05) is 24.4 Å². The zero-order valence-corrected chi connectivity index (χ0v) is 15.1. The predicted molar refractivity (Wildman–Crippen MR) is 104 cm³/mol. The summed E-state index contributed by atoms with van der Waals surface area (Å²) in [6.07, 6.45) is 3.81. The van der Waals surface area contributed by atoms with E-state index in [9.17, 15) is 4.79 Å². The maximum Gasteiger partial charge on any atom is 0.254 e. The molecule has 0 aliphatic carbocycles. The van der Waals surface area contributed by atoms with Crippen LogP contribution in [0.15, 0.2) is 79.0 Å². The Balaban J connectivity index is 1.44. The number of hydrogen-bond donors (Lipinski definition) is 0. The van der Waals surface area contributed by atoms with Gasteiger partial charge in [-0.1, -0.05) is 54.6 Å². The number of pyridine rings is 1. The molecule has 0 radical (unpaired) electrons. The molecule has 2 heterocycles. The van der Waals surface area contributed by atoms with E-state index in [1.54, 1.807) is 0 Å². The molecule has 0 spiro atoms. The summed E-state index contributed by atoms with van der Waals surface area (Å²) in [6, 6.07) is 23.5. The van der Waals surface area contributed by atoms with Crippen molar-refractivity contribution in [3.8, 4) is 5.88 Å². The second-order valence-electron chi connectivity index (χ2n) is 6.73. The van der Waals surface area contributed by atoms with Crippen molar-refractivity contribution in [2.24, 2.45) is 0 Å². The average Bonchev–Trinajstić information content (AvgIpc) is 3.23. The fourth-order valence-corrected chi connectivity index (χ4v) is 3.51. The van der Waals surface area contributed by atoms with Gasteiger partial charge < -0.3 is 9.64 Å². The lowest BCUT2D eigenvalue weighted by Gasteiger charge is -2.25. The molecule has 0 bridgehead atoms. The van der Waals surface area contributed by atoms with Gasteiger partial charge in [-0.2, -0.15) is 0 Å². The van der Waals surface area contributed by atoms with Crippen LogP contribution in [0.3, 0.4) is 0 Å². The molecule has 2 aromatic carbocycles. The molecular formula is C23H22N2O2. The maximum absolute atomic E-state index is 12.8. The van der Waals surface area contributed by atoms with Crippen LogP contribution in [0.1, 0.15) is 40.4 Å². The van der Waals surface area contributed by atoms with Gasteiger partial charge in [-0.25, -0.2) is 4.98 Å². The Morgan fingerprint density at radius 1 is 1.00 bits per heavy atom. The number of ether oxygens (including phenoxy) is 1. The Labute approximate surface area is 159 Å². The lowest BCUT2D eigenvalue weighted by Crippen LogP contribution is -2.30. The number of likely N-dealkylation sites (tertiary alicyclic amines) is 1. The Kier molecular flexibility index (Phi) is 5.15. The third kappa shape index (κ3) is 4.00. The lowest BCUT2D eigenvalue weighted by atomic mass is 10.1. The standard InChI is InChI=1S/C23H22N2O2/c26-23(19-10-5-2-6-11-19)25-15-7-12-21(25)20-13-14-22(24-16-20)27-17-18-8-3-1-4-9-18/h1-6,8-11,13-14,16,21H,7,12,15,17H2/t21-/m1/s1. The second kappa shape index (κ2) is 8.04. The zero-order valence-electron chi connectivity index (χ0n) is 15.1. The molecule has 27 heavy (non-hydrogen) atoms. The summed E-state index contributed by atoms with van der Waals surface area (Å²) in [4.78, 5) is 19.2. The summed E-state index contributed by atoms with van der Waals surface area (Å²) < 4.78 is 5.76. The summed E-state index contributed by atoms with van der Waals surface area (Å²) in [5, 5.41) is 0. The minimum atomic E-state index is 0.0772. The topological polar surface area (TPSA) is 42.4 Å². The minimum Gasteiger partial charge on any atom is -0.473 e. The molecule has 4 nitrogen and oxygen atoms in total. The number of amides is 1. The van der Waals surface area contributed by atoms with Gasteiger partial charge in [-0.3, -0.25) is 4.79 Å². The maximum atomic E-state index is 12.8. The van der Waals surface area contributed by atoms with Crippen LogP contribution < -0.4 is 4.74 Å². The van der Waals surface area contributed by atoms with Crippen LogP contribution in [-0.2, 0) is 6.61 Å². The Hall–Kier alpha value is -3.14. The Bertz CT molecular complexity index is 879. The van der Waals surface area contributed by atoms with E-state index in [0.29, 0.717) is 12.5 Å². The fraction of sp³-hybridized carbons (Fsp3) is 0.217. The van der Waals surface area contributed by atoms with Crippen molar-refractivity contribution in [1.29, 1.82) is 0 Å². The zero-order chi connectivity index (χ0) is 18.5. The Morgan fingerprint density at radius 2 is 1.74 bits per heavy atom. The highest BCUT2D eigenvalue weighted by Gasteiger charge is 2.30. The summed E-state index contributed by atoms with van der Waals surface area (Å²) in [5.41, 5.74) is 2.91. The summed E-state index contributed by atoms with van der Waals surface area (Å²) >= 11 is 0. The predicted octanol–water partition coefficient (Wildman–Crippen LogP) is 4.64. The molecular weight excluding hydrogens is 336 g/mol. The highest BCUT2D eigenvalue weighted by atomic mass is 16.5. The van der Waals surface area contributed by atoms with E-state index < -0.39 is 0 Å². The van der Waals surface area contributed by atoms with E-state index in [1.165, 1.54) is 0 Å². The molecule has 1 aromatic heterocycles. The first kappa shape index (κ1) is 17.3. The van der Waals surface area contributed by atoms with Gasteiger partial charge in [-0.15, -0.1) is 0 Å². The van der Waals surface area contributed by atoms with Crippen LogP contribution in [0.5, 0.6) is 5.88 Å². The molecule has 0 unspecified atom stereocenters. The van der Waals surface area contributed by atoms with E-state index in [0.717, 1.165) is 36.1 Å². The number of nitrogens with zero attached hydrogens (tertiary/aromatic N) is 2. The lowest BCUT2D eigenvalue weighted by molar-refractivity contribution is 0.0735. The first-order valence-corrected chi connectivity index (χ1v) is 9.30. The van der Waals surface area contributed by atoms with E-state index in [1.807, 2.05) is 83.9 Å². The molecule has 4 heteroatoms. The van der Waals surface area contributed by atoms with Crippen molar-refractivity contribution < 1.29 is 9.53 Å². The van der Waals surface area contributed by atoms with Gasteiger partial charge >= 0.3 is 0 Å². The highest BCUT2D eigenvalue weighted by molar-refractivity contribution is 5.94. The van der Waals surface area contributed by atoms with Crippen LogP contribution in [-0.4, -0.2) is 22.3 Å². The van der Waals surface area contributed by atoms with Crippen molar-refractivity contribution in [2.45, 2.75) is 25.5 Å². The van der Waals surface area contributed by atoms with Gasteiger partial charge in [0.1, 0.15) is 6.61 Å². The smallest absolute Gasteiger partial charge is 0.254 e. The summed E-state index contributed by atoms with van der Waals surface area (Å²) in [6.45, 7) is 1.28. The normalized spacial score (nSPS) is 16.3. The SMILES string of the molecule is O=C(c1ccccc1)N1CCC[C@@H]1c1ccc(OCc2ccccc2)nc1. The van der Waals surface area contributed by atoms with Gasteiger partial charge in [-0.05, 0) is 36.1 Å². The minimum absolute atomic E-state index is 0.0772. The van der Waals surface area contributed by atoms with E-state index in [2.05, 4.69) is 4.98 Å². The molecule has 1 saturated heterocycles. The molecule has 1 aliphatic rings. The second-order valence-corrected chi connectivity index (χ2v) is 6.73. The molecule has 0 saturated carbocycles. The van der Waals surface area contributed by atoms with Crippen molar-refractivity contribution in [2.75, 3.05) is 6.54 Å². The number of carbonyl (C=O) groups excluding carboxylic acids is 1. The number of rotatable bonds is 5. The van der Waals surface area contributed by atoms with Gasteiger partial charge in [0.25, 0.3) is 5.91 Å². The van der Waals surface area contributed by atoms with Crippen molar-refractivity contribution in [3.05, 3.63) is 95.7 Å².